The molecule has 0 spiro atoms. The summed E-state index contributed by atoms with van der Waals surface area (Å²) in [6, 6.07) is 7.19. The number of hydrogen-bond donors (Lipinski definition) is 2. The smallest absolute Gasteiger partial charge is 0.255 e. The number of piperidine rings is 1. The topological polar surface area (TPSA) is 95.3 Å². The first-order chi connectivity index (χ1) is 13.5. The molecule has 4 rings (SSSR count). The number of H-pyrrole nitrogens is 1. The minimum absolute atomic E-state index is 0.0391. The average Bonchev–Trinajstić information content (AvgIpc) is 3.26. The van der Waals surface area contributed by atoms with E-state index in [0.717, 1.165) is 29.7 Å². The molecule has 1 aromatic heterocycles. The molecule has 28 heavy (non-hydrogen) atoms. The van der Waals surface area contributed by atoms with Crippen LogP contribution in [0.2, 0.25) is 0 Å². The number of amides is 2. The van der Waals surface area contributed by atoms with Crippen molar-refractivity contribution in [2.24, 2.45) is 5.92 Å². The van der Waals surface area contributed by atoms with E-state index in [2.05, 4.69) is 10.2 Å². The summed E-state index contributed by atoms with van der Waals surface area (Å²) in [5.74, 6) is 0.350. The number of nitrogens with one attached hydrogen (secondary N) is 1. The van der Waals surface area contributed by atoms with E-state index in [1.165, 1.54) is 0 Å². The fraction of sp³-hybridized carbons (Fsp3) is 0.476. The van der Waals surface area contributed by atoms with Gasteiger partial charge >= 0.3 is 0 Å². The van der Waals surface area contributed by atoms with Gasteiger partial charge in [0, 0.05) is 31.1 Å². The van der Waals surface area contributed by atoms with Crippen LogP contribution in [0, 0.1) is 5.92 Å². The molecular formula is C21H27N5O2. The molecule has 2 amide bonds. The van der Waals surface area contributed by atoms with Crippen LogP contribution < -0.4 is 5.73 Å². The summed E-state index contributed by atoms with van der Waals surface area (Å²) in [5.41, 5.74) is 9.35. The third-order valence-electron chi connectivity index (χ3n) is 5.98. The largest absolute Gasteiger partial charge is 0.396 e. The average molecular weight is 381 g/mol. The van der Waals surface area contributed by atoms with Crippen LogP contribution in [0.25, 0.3) is 0 Å². The molecule has 2 aliphatic heterocycles. The van der Waals surface area contributed by atoms with E-state index in [-0.39, 0.29) is 17.7 Å². The number of aromatic nitrogens is 2. The Kier molecular flexibility index (Phi) is 4.83. The van der Waals surface area contributed by atoms with Crippen LogP contribution in [-0.2, 0) is 11.3 Å². The number of benzene rings is 1. The maximum Gasteiger partial charge on any atom is 0.255 e. The van der Waals surface area contributed by atoms with Gasteiger partial charge in [-0.1, -0.05) is 32.0 Å². The summed E-state index contributed by atoms with van der Waals surface area (Å²) in [7, 11) is 0. The van der Waals surface area contributed by atoms with Crippen molar-refractivity contribution in [1.29, 1.82) is 0 Å². The Labute approximate surface area is 164 Å². The van der Waals surface area contributed by atoms with Crippen LogP contribution in [0.4, 0.5) is 5.69 Å². The third kappa shape index (κ3) is 3.15. The van der Waals surface area contributed by atoms with Crippen LogP contribution in [0.5, 0.6) is 0 Å². The Morgan fingerprint density at radius 2 is 1.96 bits per heavy atom. The number of nitrogens with zero attached hydrogens (tertiary/aromatic N) is 3. The fourth-order valence-electron chi connectivity index (χ4n) is 4.49. The predicted molar refractivity (Wildman–Crippen MR) is 106 cm³/mol. The van der Waals surface area contributed by atoms with Crippen molar-refractivity contribution in [1.82, 2.24) is 20.0 Å². The van der Waals surface area contributed by atoms with Gasteiger partial charge in [0.2, 0.25) is 5.91 Å². The van der Waals surface area contributed by atoms with Crippen LogP contribution in [-0.4, -0.2) is 50.9 Å². The van der Waals surface area contributed by atoms with Crippen molar-refractivity contribution in [3.8, 4) is 0 Å². The number of rotatable bonds is 4. The van der Waals surface area contributed by atoms with E-state index in [1.54, 1.807) is 11.1 Å². The maximum atomic E-state index is 13.4. The Bertz CT molecular complexity index is 882. The number of carbonyl (C=O) groups excluding carboxylic acids is 2. The van der Waals surface area contributed by atoms with Crippen molar-refractivity contribution in [2.45, 2.75) is 45.2 Å². The molecule has 3 heterocycles. The Morgan fingerprint density at radius 3 is 2.57 bits per heavy atom. The van der Waals surface area contributed by atoms with Crippen LogP contribution in [0.1, 0.15) is 54.2 Å². The molecule has 1 fully saturated rings. The summed E-state index contributed by atoms with van der Waals surface area (Å²) in [6.07, 6.45) is 3.33. The summed E-state index contributed by atoms with van der Waals surface area (Å²) in [4.78, 5) is 29.9. The highest BCUT2D eigenvalue weighted by Gasteiger charge is 2.40. The number of nitrogen functional groups attached to an aromatic ring is 1. The van der Waals surface area contributed by atoms with Gasteiger partial charge in [0.15, 0.2) is 0 Å². The zero-order chi connectivity index (χ0) is 19.8. The Hall–Kier alpha value is -2.83. The van der Waals surface area contributed by atoms with Gasteiger partial charge in [-0.3, -0.25) is 14.7 Å². The van der Waals surface area contributed by atoms with Crippen molar-refractivity contribution in [3.05, 3.63) is 47.3 Å². The standard InChI is InChI=1S/C21H27N5O2/c1-13(2)19(26-12-15-5-3-4-6-16(15)20(26)27)21(28)25-9-7-14(8-10-25)18-17(22)11-23-24-18/h3-6,11,13-14,19H,7-10,12,22H2,1-2H3,(H,23,24)/t19-/m1/s1. The van der Waals surface area contributed by atoms with Gasteiger partial charge < -0.3 is 15.5 Å². The molecule has 1 aromatic carbocycles. The van der Waals surface area contributed by atoms with Crippen LogP contribution >= 0.6 is 0 Å². The van der Waals surface area contributed by atoms with Gasteiger partial charge in [-0.25, -0.2) is 0 Å². The molecule has 0 unspecified atom stereocenters. The van der Waals surface area contributed by atoms with E-state index in [0.29, 0.717) is 31.2 Å². The second-order valence-electron chi connectivity index (χ2n) is 8.12. The molecule has 0 aliphatic carbocycles. The van der Waals surface area contributed by atoms with Gasteiger partial charge in [0.05, 0.1) is 17.6 Å². The van der Waals surface area contributed by atoms with Crippen molar-refractivity contribution in [2.75, 3.05) is 18.8 Å². The second kappa shape index (κ2) is 7.30. The lowest BCUT2D eigenvalue weighted by Crippen LogP contribution is -2.53. The minimum Gasteiger partial charge on any atom is -0.396 e. The molecule has 1 saturated heterocycles. The summed E-state index contributed by atoms with van der Waals surface area (Å²) < 4.78 is 0. The highest BCUT2D eigenvalue weighted by Crippen LogP contribution is 2.32. The lowest BCUT2D eigenvalue weighted by atomic mass is 9.91. The number of nitrogens with two attached hydrogens (primary N) is 1. The highest BCUT2D eigenvalue weighted by molar-refractivity contribution is 6.01. The lowest BCUT2D eigenvalue weighted by Gasteiger charge is -2.38. The normalized spacial score (nSPS) is 18.6. The quantitative estimate of drug-likeness (QED) is 0.850. The Morgan fingerprint density at radius 1 is 1.25 bits per heavy atom. The molecule has 7 nitrogen and oxygen atoms in total. The molecule has 0 saturated carbocycles. The van der Waals surface area contributed by atoms with Gasteiger partial charge in [0.25, 0.3) is 5.91 Å². The van der Waals surface area contributed by atoms with Crippen LogP contribution in [0.15, 0.2) is 30.5 Å². The van der Waals surface area contributed by atoms with E-state index in [4.69, 9.17) is 5.73 Å². The first kappa shape index (κ1) is 18.5. The van der Waals surface area contributed by atoms with Gasteiger partial charge in [-0.05, 0) is 30.4 Å². The molecule has 2 aromatic rings. The van der Waals surface area contributed by atoms with Gasteiger partial charge in [-0.2, -0.15) is 5.10 Å². The molecule has 3 N–H and O–H groups in total. The second-order valence-corrected chi connectivity index (χ2v) is 8.12. The van der Waals surface area contributed by atoms with Crippen molar-refractivity contribution >= 4 is 17.5 Å². The maximum absolute atomic E-state index is 13.4. The van der Waals surface area contributed by atoms with E-state index in [1.807, 2.05) is 43.0 Å². The monoisotopic (exact) mass is 381 g/mol. The number of carbonyl (C=O) groups is 2. The van der Waals surface area contributed by atoms with Gasteiger partial charge in [0.1, 0.15) is 6.04 Å². The molecule has 7 heteroatoms. The van der Waals surface area contributed by atoms with Crippen molar-refractivity contribution in [3.63, 3.8) is 0 Å². The molecule has 2 aliphatic rings. The zero-order valence-corrected chi connectivity index (χ0v) is 16.4. The lowest BCUT2D eigenvalue weighted by molar-refractivity contribution is -0.138. The predicted octanol–water partition coefficient (Wildman–Crippen LogP) is 2.38. The summed E-state index contributed by atoms with van der Waals surface area (Å²) in [5, 5.41) is 7.00. The zero-order valence-electron chi connectivity index (χ0n) is 16.4. The summed E-state index contributed by atoms with van der Waals surface area (Å²) in [6.45, 7) is 5.86. The van der Waals surface area contributed by atoms with E-state index < -0.39 is 6.04 Å². The fourth-order valence-corrected chi connectivity index (χ4v) is 4.49. The third-order valence-corrected chi connectivity index (χ3v) is 5.98. The van der Waals surface area contributed by atoms with Crippen molar-refractivity contribution < 1.29 is 9.59 Å². The number of fused-ring (bicyclic) bond motifs is 1. The first-order valence-electron chi connectivity index (χ1n) is 9.93. The minimum atomic E-state index is -0.436. The molecule has 0 radical (unpaired) electrons. The number of anilines is 1. The molecule has 148 valence electrons. The highest BCUT2D eigenvalue weighted by atomic mass is 16.2. The number of aromatic amines is 1. The molecule has 1 atom stereocenters. The van der Waals surface area contributed by atoms with E-state index in [9.17, 15) is 9.59 Å². The molecular weight excluding hydrogens is 354 g/mol. The Balaban J connectivity index is 1.47. The van der Waals surface area contributed by atoms with E-state index >= 15 is 0 Å². The summed E-state index contributed by atoms with van der Waals surface area (Å²) >= 11 is 0. The first-order valence-corrected chi connectivity index (χ1v) is 9.93. The number of hydrogen-bond acceptors (Lipinski definition) is 4. The number of likely N-dealkylation sites (tertiary alicyclic amines) is 1. The van der Waals surface area contributed by atoms with Crippen LogP contribution in [0.3, 0.4) is 0 Å². The van der Waals surface area contributed by atoms with Gasteiger partial charge in [-0.15, -0.1) is 0 Å². The SMILES string of the molecule is CC(C)[C@H](C(=O)N1CCC(c2[nH]ncc2N)CC1)N1Cc2ccccc2C1=O. The molecule has 0 bridgehead atoms.